The fraction of sp³-hybridized carbons (Fsp3) is 0.273. The molecule has 1 heterocycles. The van der Waals surface area contributed by atoms with E-state index < -0.39 is 0 Å². The number of nitrogens with zero attached hydrogens (tertiary/aromatic N) is 2. The minimum Gasteiger partial charge on any atom is -0.396 e. The number of aromatic nitrogens is 2. The fourth-order valence-corrected chi connectivity index (χ4v) is 2.95. The minimum atomic E-state index is 0.223. The molecule has 0 atom stereocenters. The van der Waals surface area contributed by atoms with E-state index in [1.807, 2.05) is 30.3 Å². The Morgan fingerprint density at radius 1 is 1.24 bits per heavy atom. The van der Waals surface area contributed by atoms with Crippen molar-refractivity contribution in [1.29, 1.82) is 0 Å². The Balaban J connectivity index is 1.90. The van der Waals surface area contributed by atoms with Gasteiger partial charge in [0.15, 0.2) is 4.34 Å². The average Bonchev–Trinajstić information content (AvgIpc) is 2.79. The van der Waals surface area contributed by atoms with Gasteiger partial charge in [-0.25, -0.2) is 0 Å². The molecular weight excluding hydrogens is 254 g/mol. The molecular formula is C11H13N3OS2. The quantitative estimate of drug-likeness (QED) is 0.622. The van der Waals surface area contributed by atoms with Crippen LogP contribution in [0, 0.1) is 0 Å². The highest BCUT2D eigenvalue weighted by molar-refractivity contribution is 8.01. The molecule has 0 fully saturated rings. The molecule has 0 saturated heterocycles. The largest absolute Gasteiger partial charge is 0.396 e. The molecule has 0 saturated carbocycles. The van der Waals surface area contributed by atoms with Crippen LogP contribution in [0.3, 0.4) is 0 Å². The standard InChI is InChI=1S/C11H13N3OS2/c15-7-4-8-16-11-14-13-10(17-11)12-9-5-2-1-3-6-9/h1-3,5-6,15H,4,7-8H2,(H,12,13). The molecule has 1 aromatic carbocycles. The van der Waals surface area contributed by atoms with Gasteiger partial charge in [-0.1, -0.05) is 41.3 Å². The summed E-state index contributed by atoms with van der Waals surface area (Å²) in [6.45, 7) is 0.223. The normalized spacial score (nSPS) is 10.4. The summed E-state index contributed by atoms with van der Waals surface area (Å²) < 4.78 is 0.928. The summed E-state index contributed by atoms with van der Waals surface area (Å²) >= 11 is 3.15. The van der Waals surface area contributed by atoms with Crippen molar-refractivity contribution in [2.75, 3.05) is 17.7 Å². The number of thioether (sulfide) groups is 1. The molecule has 0 aliphatic rings. The third kappa shape index (κ3) is 3.99. The van der Waals surface area contributed by atoms with E-state index in [1.54, 1.807) is 11.8 Å². The van der Waals surface area contributed by atoms with Gasteiger partial charge in [0.25, 0.3) is 0 Å². The lowest BCUT2D eigenvalue weighted by molar-refractivity contribution is 0.296. The number of nitrogens with one attached hydrogen (secondary N) is 1. The van der Waals surface area contributed by atoms with Crippen molar-refractivity contribution in [1.82, 2.24) is 10.2 Å². The topological polar surface area (TPSA) is 58.0 Å². The summed E-state index contributed by atoms with van der Waals surface area (Å²) in [5.74, 6) is 0.871. The predicted octanol–water partition coefficient (Wildman–Crippen LogP) is 2.76. The van der Waals surface area contributed by atoms with Crippen molar-refractivity contribution in [2.24, 2.45) is 0 Å². The van der Waals surface area contributed by atoms with Crippen LogP contribution in [0.2, 0.25) is 0 Å². The first kappa shape index (κ1) is 12.3. The van der Waals surface area contributed by atoms with Crippen LogP contribution in [0.4, 0.5) is 10.8 Å². The Labute approximate surface area is 108 Å². The summed E-state index contributed by atoms with van der Waals surface area (Å²) in [6.07, 6.45) is 0.783. The van der Waals surface area contributed by atoms with Gasteiger partial charge in [-0.3, -0.25) is 0 Å². The summed E-state index contributed by atoms with van der Waals surface area (Å²) in [5.41, 5.74) is 1.01. The van der Waals surface area contributed by atoms with Crippen molar-refractivity contribution in [3.63, 3.8) is 0 Å². The average molecular weight is 267 g/mol. The van der Waals surface area contributed by atoms with E-state index in [2.05, 4.69) is 15.5 Å². The lowest BCUT2D eigenvalue weighted by Crippen LogP contribution is -1.87. The molecule has 0 aliphatic heterocycles. The second-order valence-electron chi connectivity index (χ2n) is 3.29. The number of aliphatic hydroxyl groups is 1. The van der Waals surface area contributed by atoms with Gasteiger partial charge in [-0.15, -0.1) is 10.2 Å². The van der Waals surface area contributed by atoms with Crippen LogP contribution in [0.5, 0.6) is 0 Å². The number of anilines is 2. The van der Waals surface area contributed by atoms with Gasteiger partial charge in [0.1, 0.15) is 0 Å². The van der Waals surface area contributed by atoms with E-state index in [0.717, 1.165) is 27.3 Å². The van der Waals surface area contributed by atoms with Crippen molar-refractivity contribution < 1.29 is 5.11 Å². The number of rotatable bonds is 6. The molecule has 90 valence electrons. The highest BCUT2D eigenvalue weighted by Crippen LogP contribution is 2.27. The molecule has 0 spiro atoms. The zero-order valence-electron chi connectivity index (χ0n) is 9.17. The van der Waals surface area contributed by atoms with Crippen molar-refractivity contribution in [2.45, 2.75) is 10.8 Å². The van der Waals surface area contributed by atoms with Gasteiger partial charge in [0.2, 0.25) is 5.13 Å². The highest BCUT2D eigenvalue weighted by atomic mass is 32.2. The Morgan fingerprint density at radius 2 is 2.06 bits per heavy atom. The summed E-state index contributed by atoms with van der Waals surface area (Å²) in [6, 6.07) is 9.89. The lowest BCUT2D eigenvalue weighted by Gasteiger charge is -1.99. The van der Waals surface area contributed by atoms with Gasteiger partial charge >= 0.3 is 0 Å². The number of hydrogen-bond donors (Lipinski definition) is 2. The van der Waals surface area contributed by atoms with E-state index in [4.69, 9.17) is 5.11 Å². The number of aliphatic hydroxyl groups excluding tert-OH is 1. The van der Waals surface area contributed by atoms with Gasteiger partial charge in [0, 0.05) is 18.0 Å². The Bertz CT molecular complexity index is 447. The van der Waals surface area contributed by atoms with Crippen LogP contribution in [-0.4, -0.2) is 27.7 Å². The first-order valence-corrected chi connectivity index (χ1v) is 7.08. The van der Waals surface area contributed by atoms with E-state index >= 15 is 0 Å². The monoisotopic (exact) mass is 267 g/mol. The third-order valence-corrected chi connectivity index (χ3v) is 4.02. The first-order valence-electron chi connectivity index (χ1n) is 5.28. The zero-order chi connectivity index (χ0) is 11.9. The van der Waals surface area contributed by atoms with Crippen LogP contribution >= 0.6 is 23.1 Å². The molecule has 2 rings (SSSR count). The highest BCUT2D eigenvalue weighted by Gasteiger charge is 2.04. The molecule has 0 bridgehead atoms. The smallest absolute Gasteiger partial charge is 0.210 e. The summed E-state index contributed by atoms with van der Waals surface area (Å²) in [7, 11) is 0. The minimum absolute atomic E-state index is 0.223. The van der Waals surface area contributed by atoms with Crippen molar-refractivity contribution in [3.8, 4) is 0 Å². The molecule has 17 heavy (non-hydrogen) atoms. The second-order valence-corrected chi connectivity index (χ2v) is 5.61. The van der Waals surface area contributed by atoms with E-state index in [-0.39, 0.29) is 6.61 Å². The Morgan fingerprint density at radius 3 is 2.82 bits per heavy atom. The maximum atomic E-state index is 8.69. The van der Waals surface area contributed by atoms with E-state index in [1.165, 1.54) is 11.3 Å². The predicted molar refractivity (Wildman–Crippen MR) is 72.1 cm³/mol. The lowest BCUT2D eigenvalue weighted by atomic mass is 10.3. The zero-order valence-corrected chi connectivity index (χ0v) is 10.8. The number of para-hydroxylation sites is 1. The molecule has 0 aliphatic carbocycles. The van der Waals surface area contributed by atoms with Crippen LogP contribution in [0.25, 0.3) is 0 Å². The number of hydrogen-bond acceptors (Lipinski definition) is 6. The molecule has 0 unspecified atom stereocenters. The van der Waals surface area contributed by atoms with E-state index in [9.17, 15) is 0 Å². The Hall–Kier alpha value is -1.11. The summed E-state index contributed by atoms with van der Waals surface area (Å²) in [4.78, 5) is 0. The van der Waals surface area contributed by atoms with Gasteiger partial charge in [-0.2, -0.15) is 0 Å². The van der Waals surface area contributed by atoms with Crippen LogP contribution in [0.1, 0.15) is 6.42 Å². The SMILES string of the molecule is OCCCSc1nnc(Nc2ccccc2)s1. The van der Waals surface area contributed by atoms with Crippen molar-refractivity contribution >= 4 is 33.9 Å². The third-order valence-electron chi connectivity index (χ3n) is 1.96. The van der Waals surface area contributed by atoms with Crippen LogP contribution in [-0.2, 0) is 0 Å². The molecule has 2 aromatic rings. The fourth-order valence-electron chi connectivity index (χ4n) is 1.19. The molecule has 4 nitrogen and oxygen atoms in total. The molecule has 0 radical (unpaired) electrons. The van der Waals surface area contributed by atoms with Crippen LogP contribution < -0.4 is 5.32 Å². The van der Waals surface area contributed by atoms with Gasteiger partial charge in [-0.05, 0) is 18.6 Å². The maximum Gasteiger partial charge on any atom is 0.210 e. The number of benzene rings is 1. The molecule has 1 aromatic heterocycles. The maximum absolute atomic E-state index is 8.69. The molecule has 6 heteroatoms. The van der Waals surface area contributed by atoms with Crippen molar-refractivity contribution in [3.05, 3.63) is 30.3 Å². The van der Waals surface area contributed by atoms with Gasteiger partial charge < -0.3 is 10.4 Å². The second kappa shape index (κ2) is 6.58. The van der Waals surface area contributed by atoms with E-state index in [0.29, 0.717) is 0 Å². The van der Waals surface area contributed by atoms with Gasteiger partial charge in [0.05, 0.1) is 0 Å². The van der Waals surface area contributed by atoms with Crippen LogP contribution in [0.15, 0.2) is 34.7 Å². The molecule has 2 N–H and O–H groups in total. The first-order chi connectivity index (χ1) is 8.38. The Kier molecular flexibility index (Phi) is 4.78. The molecule has 0 amide bonds. The summed E-state index contributed by atoms with van der Waals surface area (Å²) in [5, 5.41) is 20.8.